The van der Waals surface area contributed by atoms with E-state index in [0.29, 0.717) is 24.1 Å². The van der Waals surface area contributed by atoms with Gasteiger partial charge in [0.25, 0.3) is 15.9 Å². The van der Waals surface area contributed by atoms with Crippen LogP contribution in [0.4, 0.5) is 5.69 Å². The molecule has 1 amide bonds. The van der Waals surface area contributed by atoms with E-state index in [9.17, 15) is 13.2 Å². The third-order valence-corrected chi connectivity index (χ3v) is 9.05. The first-order valence-electron chi connectivity index (χ1n) is 11.6. The van der Waals surface area contributed by atoms with Crippen LogP contribution in [0, 0.1) is 5.92 Å². The van der Waals surface area contributed by atoms with Crippen molar-refractivity contribution in [2.75, 3.05) is 17.4 Å². The molecule has 1 saturated heterocycles. The van der Waals surface area contributed by atoms with Gasteiger partial charge in [-0.3, -0.25) is 9.10 Å². The average molecular weight is 439 g/mol. The molecule has 3 aliphatic rings. The van der Waals surface area contributed by atoms with Crippen LogP contribution in [0.3, 0.4) is 0 Å². The number of nitrogens with zero attached hydrogens (tertiary/aromatic N) is 2. The number of carbonyl (C=O) groups is 1. The molecule has 1 aliphatic carbocycles. The molecule has 31 heavy (non-hydrogen) atoms. The van der Waals surface area contributed by atoms with Gasteiger partial charge in [0.1, 0.15) is 0 Å². The lowest BCUT2D eigenvalue weighted by Gasteiger charge is -2.44. The van der Waals surface area contributed by atoms with Gasteiger partial charge in [-0.05, 0) is 74.3 Å². The highest BCUT2D eigenvalue weighted by Gasteiger charge is 2.36. The Morgan fingerprint density at radius 2 is 1.68 bits per heavy atom. The molecule has 0 spiro atoms. The Labute approximate surface area is 185 Å². The molecule has 0 aromatic heterocycles. The molecule has 0 radical (unpaired) electrons. The molecule has 2 fully saturated rings. The van der Waals surface area contributed by atoms with Gasteiger partial charge >= 0.3 is 0 Å². The lowest BCUT2D eigenvalue weighted by Crippen LogP contribution is -2.49. The Kier molecular flexibility index (Phi) is 5.51. The summed E-state index contributed by atoms with van der Waals surface area (Å²) >= 11 is 0. The first-order valence-corrected chi connectivity index (χ1v) is 13.0. The van der Waals surface area contributed by atoms with E-state index in [1.165, 1.54) is 30.0 Å². The first kappa shape index (κ1) is 20.6. The van der Waals surface area contributed by atoms with Gasteiger partial charge in [0.2, 0.25) is 0 Å². The average Bonchev–Trinajstić information content (AvgIpc) is 2.83. The maximum atomic E-state index is 13.5. The van der Waals surface area contributed by atoms with Crippen molar-refractivity contribution >= 4 is 21.6 Å². The van der Waals surface area contributed by atoms with E-state index in [0.717, 1.165) is 43.5 Å². The van der Waals surface area contributed by atoms with Crippen LogP contribution >= 0.6 is 0 Å². The molecular weight excluding hydrogens is 408 g/mol. The van der Waals surface area contributed by atoms with Crippen LogP contribution in [0.15, 0.2) is 53.4 Å². The summed E-state index contributed by atoms with van der Waals surface area (Å²) in [5.41, 5.74) is 2.30. The molecule has 0 N–H and O–H groups in total. The molecule has 5 nitrogen and oxygen atoms in total. The van der Waals surface area contributed by atoms with Crippen LogP contribution in [0.1, 0.15) is 60.9 Å². The maximum Gasteiger partial charge on any atom is 0.264 e. The Morgan fingerprint density at radius 3 is 2.58 bits per heavy atom. The number of anilines is 1. The predicted octanol–water partition coefficient (Wildman–Crippen LogP) is 4.62. The van der Waals surface area contributed by atoms with Crippen LogP contribution in [-0.2, 0) is 16.4 Å². The highest BCUT2D eigenvalue weighted by Crippen LogP contribution is 2.36. The fourth-order valence-corrected chi connectivity index (χ4v) is 7.30. The zero-order chi connectivity index (χ0) is 21.4. The molecule has 2 heterocycles. The predicted molar refractivity (Wildman–Crippen MR) is 122 cm³/mol. The van der Waals surface area contributed by atoms with Gasteiger partial charge in [-0.1, -0.05) is 37.1 Å². The van der Waals surface area contributed by atoms with E-state index in [1.54, 1.807) is 24.3 Å². The first-order chi connectivity index (χ1) is 15.1. The molecule has 1 saturated carbocycles. The minimum absolute atomic E-state index is 0.0207. The standard InChI is InChI=1S/C25H30N2O3S/c28-25(26-16-6-11-19-8-1-3-14-23(19)26)21-10-5-13-22(18-21)31(29,30)27-17-7-12-20-9-2-4-15-24(20)27/h2,4-5,9-10,13,15,18-19,23H,1,3,6-8,11-12,14,16-17H2. The van der Waals surface area contributed by atoms with Gasteiger partial charge in [0.15, 0.2) is 0 Å². The highest BCUT2D eigenvalue weighted by molar-refractivity contribution is 7.92. The van der Waals surface area contributed by atoms with Crippen molar-refractivity contribution in [3.63, 3.8) is 0 Å². The quantitative estimate of drug-likeness (QED) is 0.702. The second-order valence-electron chi connectivity index (χ2n) is 9.09. The molecule has 5 rings (SSSR count). The number of aryl methyl sites for hydroxylation is 1. The second-order valence-corrected chi connectivity index (χ2v) is 11.0. The Hall–Kier alpha value is -2.34. The number of para-hydroxylation sites is 1. The zero-order valence-electron chi connectivity index (χ0n) is 17.9. The number of amides is 1. The van der Waals surface area contributed by atoms with E-state index in [1.807, 2.05) is 29.2 Å². The summed E-state index contributed by atoms with van der Waals surface area (Å²) in [6.45, 7) is 1.24. The van der Waals surface area contributed by atoms with Crippen molar-refractivity contribution in [3.05, 3.63) is 59.7 Å². The van der Waals surface area contributed by atoms with Crippen molar-refractivity contribution in [1.82, 2.24) is 4.90 Å². The van der Waals surface area contributed by atoms with E-state index in [-0.39, 0.29) is 10.8 Å². The molecule has 2 aromatic rings. The fraction of sp³-hybridized carbons (Fsp3) is 0.480. The van der Waals surface area contributed by atoms with Crippen molar-refractivity contribution in [2.24, 2.45) is 5.92 Å². The van der Waals surface area contributed by atoms with Gasteiger partial charge in [0, 0.05) is 24.7 Å². The molecule has 164 valence electrons. The van der Waals surface area contributed by atoms with Crippen LogP contribution in [0.5, 0.6) is 0 Å². The van der Waals surface area contributed by atoms with E-state index >= 15 is 0 Å². The number of benzene rings is 2. The second kappa shape index (κ2) is 8.30. The largest absolute Gasteiger partial charge is 0.335 e. The molecule has 2 unspecified atom stereocenters. The minimum atomic E-state index is -3.72. The van der Waals surface area contributed by atoms with Gasteiger partial charge in [-0.2, -0.15) is 0 Å². The number of fused-ring (bicyclic) bond motifs is 2. The Balaban J connectivity index is 1.45. The Morgan fingerprint density at radius 1 is 0.871 bits per heavy atom. The fourth-order valence-electron chi connectivity index (χ4n) is 5.71. The van der Waals surface area contributed by atoms with E-state index in [2.05, 4.69) is 0 Å². The van der Waals surface area contributed by atoms with Crippen molar-refractivity contribution in [2.45, 2.75) is 62.3 Å². The highest BCUT2D eigenvalue weighted by atomic mass is 32.2. The summed E-state index contributed by atoms with van der Waals surface area (Å²) in [5, 5.41) is 0. The van der Waals surface area contributed by atoms with Crippen molar-refractivity contribution < 1.29 is 13.2 Å². The summed E-state index contributed by atoms with van der Waals surface area (Å²) in [6.07, 6.45) is 8.63. The smallest absolute Gasteiger partial charge is 0.264 e. The maximum absolute atomic E-state index is 13.5. The van der Waals surface area contributed by atoms with Gasteiger partial charge in [0.05, 0.1) is 10.6 Å². The topological polar surface area (TPSA) is 57.7 Å². The minimum Gasteiger partial charge on any atom is -0.335 e. The number of rotatable bonds is 3. The number of sulfonamides is 1. The number of likely N-dealkylation sites (tertiary alicyclic amines) is 1. The number of hydrogen-bond donors (Lipinski definition) is 0. The summed E-state index contributed by atoms with van der Waals surface area (Å²) in [4.78, 5) is 15.7. The molecule has 6 heteroatoms. The summed E-state index contributed by atoms with van der Waals surface area (Å²) in [5.74, 6) is 0.580. The van der Waals surface area contributed by atoms with E-state index in [4.69, 9.17) is 0 Å². The van der Waals surface area contributed by atoms with Crippen LogP contribution < -0.4 is 4.31 Å². The molecule has 2 aromatic carbocycles. The monoisotopic (exact) mass is 438 g/mol. The number of piperidine rings is 1. The molecular formula is C25H30N2O3S. The number of hydrogen-bond acceptors (Lipinski definition) is 3. The molecule has 0 bridgehead atoms. The van der Waals surface area contributed by atoms with Crippen LogP contribution in [0.25, 0.3) is 0 Å². The zero-order valence-corrected chi connectivity index (χ0v) is 18.7. The van der Waals surface area contributed by atoms with Crippen molar-refractivity contribution in [3.8, 4) is 0 Å². The van der Waals surface area contributed by atoms with Crippen LogP contribution in [-0.4, -0.2) is 38.4 Å². The van der Waals surface area contributed by atoms with E-state index < -0.39 is 10.0 Å². The summed E-state index contributed by atoms with van der Waals surface area (Å²) < 4.78 is 28.6. The normalized spacial score (nSPS) is 23.7. The Bertz CT molecular complexity index is 1080. The third kappa shape index (κ3) is 3.75. The lowest BCUT2D eigenvalue weighted by atomic mass is 9.78. The van der Waals surface area contributed by atoms with Crippen LogP contribution in [0.2, 0.25) is 0 Å². The van der Waals surface area contributed by atoms with Gasteiger partial charge in [-0.25, -0.2) is 8.42 Å². The molecule has 2 atom stereocenters. The third-order valence-electron chi connectivity index (χ3n) is 7.24. The van der Waals surface area contributed by atoms with Crippen molar-refractivity contribution in [1.29, 1.82) is 0 Å². The number of carbonyl (C=O) groups excluding carboxylic acids is 1. The molecule has 2 aliphatic heterocycles. The SMILES string of the molecule is O=C(c1cccc(S(=O)(=O)N2CCCc3ccccc32)c1)N1CCCC2CCCCC21. The van der Waals surface area contributed by atoms with Gasteiger partial charge in [-0.15, -0.1) is 0 Å². The lowest BCUT2D eigenvalue weighted by molar-refractivity contribution is 0.0390. The summed E-state index contributed by atoms with van der Waals surface area (Å²) in [7, 11) is -3.72. The summed E-state index contributed by atoms with van der Waals surface area (Å²) in [6, 6.07) is 14.7. The van der Waals surface area contributed by atoms with Gasteiger partial charge < -0.3 is 4.90 Å².